The lowest BCUT2D eigenvalue weighted by Crippen LogP contribution is -2.67. The Hall–Kier alpha value is -4.09. The van der Waals surface area contributed by atoms with Crippen LogP contribution in [-0.4, -0.2) is 71.9 Å². The van der Waals surface area contributed by atoms with Gasteiger partial charge in [-0.25, -0.2) is 0 Å². The largest absolute Gasteiger partial charge is 0.463 e. The molecule has 2 aromatic rings. The molecule has 2 heterocycles. The van der Waals surface area contributed by atoms with Crippen molar-refractivity contribution in [3.63, 3.8) is 0 Å². The van der Waals surface area contributed by atoms with E-state index in [1.165, 1.54) is 19.1 Å². The Balaban J connectivity index is 1.77. The summed E-state index contributed by atoms with van der Waals surface area (Å²) in [5.74, 6) is -3.42. The second kappa shape index (κ2) is 11.5. The molecule has 2 aromatic carbocycles. The average Bonchev–Trinajstić information content (AvgIpc) is 3.13. The van der Waals surface area contributed by atoms with Crippen LogP contribution in [0, 0.1) is 0 Å². The van der Waals surface area contributed by atoms with E-state index in [1.807, 2.05) is 18.2 Å². The van der Waals surface area contributed by atoms with Gasteiger partial charge in [0.05, 0.1) is 17.7 Å². The van der Waals surface area contributed by atoms with Crippen LogP contribution in [0.2, 0.25) is 0 Å². The van der Waals surface area contributed by atoms with Crippen molar-refractivity contribution in [1.82, 2.24) is 4.90 Å². The predicted molar refractivity (Wildman–Crippen MR) is 128 cm³/mol. The van der Waals surface area contributed by atoms with E-state index >= 15 is 0 Å². The number of imide groups is 1. The second-order valence-electron chi connectivity index (χ2n) is 8.81. The molecule has 0 radical (unpaired) electrons. The maximum absolute atomic E-state index is 13.5. The maximum atomic E-state index is 13.5. The number of benzene rings is 2. The van der Waals surface area contributed by atoms with Crippen molar-refractivity contribution in [3.05, 3.63) is 71.3 Å². The lowest BCUT2D eigenvalue weighted by molar-refractivity contribution is -0.288. The molecule has 200 valence electrons. The molecule has 11 heteroatoms. The summed E-state index contributed by atoms with van der Waals surface area (Å²) in [4.78, 5) is 63.7. The fraction of sp³-hybridized carbons (Fsp3) is 0.370. The Kier molecular flexibility index (Phi) is 8.18. The zero-order valence-corrected chi connectivity index (χ0v) is 21.0. The summed E-state index contributed by atoms with van der Waals surface area (Å²) >= 11 is 0. The third-order valence-electron chi connectivity index (χ3n) is 6.05. The number of nitrogens with zero attached hydrogens (tertiary/aromatic N) is 1. The van der Waals surface area contributed by atoms with E-state index in [0.29, 0.717) is 0 Å². The molecule has 0 N–H and O–H groups in total. The summed E-state index contributed by atoms with van der Waals surface area (Å²) in [5, 5.41) is 0. The lowest BCUT2D eigenvalue weighted by atomic mass is 9.94. The number of fused-ring (bicyclic) bond motifs is 1. The quantitative estimate of drug-likeness (QED) is 0.286. The van der Waals surface area contributed by atoms with E-state index < -0.39 is 60.4 Å². The Labute approximate surface area is 218 Å². The molecule has 5 atom stereocenters. The summed E-state index contributed by atoms with van der Waals surface area (Å²) in [6.45, 7) is 3.11. The minimum atomic E-state index is -1.39. The third kappa shape index (κ3) is 5.74. The Morgan fingerprint density at radius 3 is 1.89 bits per heavy atom. The molecular weight excluding hydrogens is 498 g/mol. The van der Waals surface area contributed by atoms with E-state index in [-0.39, 0.29) is 24.3 Å². The molecule has 38 heavy (non-hydrogen) atoms. The topological polar surface area (TPSA) is 135 Å². The predicted octanol–water partition coefficient (Wildman–Crippen LogP) is 2.02. The van der Waals surface area contributed by atoms with Crippen LogP contribution in [0.1, 0.15) is 47.1 Å². The first kappa shape index (κ1) is 27.0. The zero-order chi connectivity index (χ0) is 27.4. The number of carbonyl (C=O) groups excluding carboxylic acids is 5. The van der Waals surface area contributed by atoms with E-state index in [2.05, 4.69) is 0 Å². The third-order valence-corrected chi connectivity index (χ3v) is 6.05. The number of rotatable bonds is 8. The number of hydrogen-bond acceptors (Lipinski definition) is 10. The highest BCUT2D eigenvalue weighted by Gasteiger charge is 2.57. The van der Waals surface area contributed by atoms with Gasteiger partial charge in [-0.05, 0) is 17.7 Å². The van der Waals surface area contributed by atoms with Crippen molar-refractivity contribution in [2.45, 2.75) is 58.0 Å². The smallest absolute Gasteiger partial charge is 0.303 e. The molecule has 0 aliphatic carbocycles. The summed E-state index contributed by atoms with van der Waals surface area (Å²) in [6, 6.07) is 14.0. The van der Waals surface area contributed by atoms with Gasteiger partial charge in [-0.15, -0.1) is 0 Å². The molecule has 2 amide bonds. The van der Waals surface area contributed by atoms with Gasteiger partial charge >= 0.3 is 17.9 Å². The Bertz CT molecular complexity index is 1190. The van der Waals surface area contributed by atoms with Crippen molar-refractivity contribution in [1.29, 1.82) is 0 Å². The molecule has 0 bridgehead atoms. The van der Waals surface area contributed by atoms with Crippen molar-refractivity contribution in [2.75, 3.05) is 6.61 Å². The van der Waals surface area contributed by atoms with Crippen LogP contribution in [0.4, 0.5) is 0 Å². The number of ether oxygens (including phenoxy) is 5. The molecule has 2 aliphatic heterocycles. The zero-order valence-electron chi connectivity index (χ0n) is 21.0. The molecule has 1 fully saturated rings. The van der Waals surface area contributed by atoms with Gasteiger partial charge in [0.25, 0.3) is 11.8 Å². The van der Waals surface area contributed by atoms with E-state index in [9.17, 15) is 24.0 Å². The highest BCUT2D eigenvalue weighted by atomic mass is 16.7. The molecule has 3 unspecified atom stereocenters. The van der Waals surface area contributed by atoms with Gasteiger partial charge in [0.2, 0.25) is 0 Å². The fourth-order valence-corrected chi connectivity index (χ4v) is 4.53. The van der Waals surface area contributed by atoms with Gasteiger partial charge in [-0.1, -0.05) is 42.5 Å². The van der Waals surface area contributed by atoms with E-state index in [4.69, 9.17) is 23.7 Å². The first-order chi connectivity index (χ1) is 18.2. The minimum absolute atomic E-state index is 0.0104. The van der Waals surface area contributed by atoms with Crippen LogP contribution >= 0.6 is 0 Å². The van der Waals surface area contributed by atoms with Gasteiger partial charge < -0.3 is 23.7 Å². The highest BCUT2D eigenvalue weighted by Crippen LogP contribution is 2.35. The number of esters is 3. The van der Waals surface area contributed by atoms with Gasteiger partial charge in [0, 0.05) is 20.8 Å². The van der Waals surface area contributed by atoms with Crippen LogP contribution in [0.15, 0.2) is 54.6 Å². The maximum Gasteiger partial charge on any atom is 0.303 e. The fourth-order valence-electron chi connectivity index (χ4n) is 4.53. The first-order valence-corrected chi connectivity index (χ1v) is 11.9. The number of carbonyl (C=O) groups is 5. The molecule has 0 saturated carbocycles. The second-order valence-corrected chi connectivity index (χ2v) is 8.81. The van der Waals surface area contributed by atoms with Crippen molar-refractivity contribution in [3.8, 4) is 0 Å². The molecular formula is C27H27NO10. The molecule has 11 nitrogen and oxygen atoms in total. The summed E-state index contributed by atoms with van der Waals surface area (Å²) in [5.41, 5.74) is 1.08. The van der Waals surface area contributed by atoms with Gasteiger partial charge in [-0.2, -0.15) is 0 Å². The lowest BCUT2D eigenvalue weighted by Gasteiger charge is -2.47. The monoisotopic (exact) mass is 525 g/mol. The van der Waals surface area contributed by atoms with Crippen LogP contribution < -0.4 is 0 Å². The normalized spacial score (nSPS) is 24.5. The SMILES string of the molecule is CC(=O)OCC1O[C@@H](OCc2ccccc2)C(N2C(=O)c3ccccc3C2=O)C(OC(C)=O)[C@@H]1OC(C)=O. The van der Waals surface area contributed by atoms with E-state index in [0.717, 1.165) is 24.3 Å². The molecule has 2 aliphatic rings. The van der Waals surface area contributed by atoms with Crippen LogP contribution in [0.5, 0.6) is 0 Å². The standard InChI is InChI=1S/C27H27NO10/c1-15(29)34-14-21-23(36-16(2)30)24(37-17(3)31)22(27(38-21)35-13-18-9-5-4-6-10-18)28-25(32)19-11-7-8-12-20(19)26(28)33/h4-12,21-24,27H,13-14H2,1-3H3/t21?,22?,23-,24?,27-/m1/s1. The van der Waals surface area contributed by atoms with Crippen LogP contribution in [-0.2, 0) is 44.7 Å². The highest BCUT2D eigenvalue weighted by molar-refractivity contribution is 6.21. The number of hydrogen-bond donors (Lipinski definition) is 0. The van der Waals surface area contributed by atoms with Crippen molar-refractivity contribution < 1.29 is 47.7 Å². The first-order valence-electron chi connectivity index (χ1n) is 11.9. The van der Waals surface area contributed by atoms with Gasteiger partial charge in [0.15, 0.2) is 18.5 Å². The Morgan fingerprint density at radius 1 is 0.789 bits per heavy atom. The Morgan fingerprint density at radius 2 is 1.34 bits per heavy atom. The molecule has 0 spiro atoms. The van der Waals surface area contributed by atoms with Crippen LogP contribution in [0.25, 0.3) is 0 Å². The molecule has 0 aromatic heterocycles. The van der Waals surface area contributed by atoms with Crippen molar-refractivity contribution >= 4 is 29.7 Å². The molecule has 4 rings (SSSR count). The van der Waals surface area contributed by atoms with Crippen LogP contribution in [0.3, 0.4) is 0 Å². The summed E-state index contributed by atoms with van der Waals surface area (Å²) in [6.07, 6.45) is -5.20. The number of amides is 2. The summed E-state index contributed by atoms with van der Waals surface area (Å²) < 4.78 is 28.3. The minimum Gasteiger partial charge on any atom is -0.463 e. The average molecular weight is 526 g/mol. The van der Waals surface area contributed by atoms with Gasteiger partial charge in [-0.3, -0.25) is 28.9 Å². The molecule has 1 saturated heterocycles. The van der Waals surface area contributed by atoms with Crippen molar-refractivity contribution in [2.24, 2.45) is 0 Å². The van der Waals surface area contributed by atoms with Gasteiger partial charge in [0.1, 0.15) is 18.8 Å². The summed E-state index contributed by atoms with van der Waals surface area (Å²) in [7, 11) is 0. The van der Waals surface area contributed by atoms with E-state index in [1.54, 1.807) is 24.3 Å².